The molecule has 0 aliphatic rings. The van der Waals surface area contributed by atoms with Crippen LogP contribution in [0.2, 0.25) is 0 Å². The van der Waals surface area contributed by atoms with Crippen LogP contribution in [0.3, 0.4) is 0 Å². The molecule has 0 aliphatic heterocycles. The van der Waals surface area contributed by atoms with Gasteiger partial charge in [0.25, 0.3) is 0 Å². The van der Waals surface area contributed by atoms with Crippen molar-refractivity contribution in [2.24, 2.45) is 0 Å². The molecule has 0 heterocycles. The lowest BCUT2D eigenvalue weighted by Gasteiger charge is -2.29. The van der Waals surface area contributed by atoms with E-state index >= 15 is 0 Å². The standard InChI is InChI=1S/C25H29IO6P.HI/c1-27-17-30-20-10-4-7-13-23(20)33(16-26,24-14-8-5-11-21(24)31-18-28-2)25-15-9-6-12-22(25)32-19-29-3;/h4-15H,16-19H2,1-3H3;1H/q+1;/p-1. The van der Waals surface area contributed by atoms with Crippen molar-refractivity contribution in [3.05, 3.63) is 72.8 Å². The molecule has 0 aromatic heterocycles. The zero-order valence-electron chi connectivity index (χ0n) is 19.4. The molecule has 0 fully saturated rings. The highest BCUT2D eigenvalue weighted by Crippen LogP contribution is 2.61. The van der Waals surface area contributed by atoms with Crippen LogP contribution in [0.1, 0.15) is 0 Å². The lowest BCUT2D eigenvalue weighted by atomic mass is 10.3. The highest BCUT2D eigenvalue weighted by atomic mass is 127. The number of hydrogen-bond donors (Lipinski definition) is 0. The number of benzene rings is 3. The molecule has 0 saturated carbocycles. The van der Waals surface area contributed by atoms with E-state index in [9.17, 15) is 0 Å². The van der Waals surface area contributed by atoms with Gasteiger partial charge in [-0.3, -0.25) is 0 Å². The molecule has 0 amide bonds. The van der Waals surface area contributed by atoms with Gasteiger partial charge in [-0.1, -0.05) is 36.4 Å². The second-order valence-electron chi connectivity index (χ2n) is 6.99. The van der Waals surface area contributed by atoms with Gasteiger partial charge < -0.3 is 52.4 Å². The van der Waals surface area contributed by atoms with Gasteiger partial charge in [-0.25, -0.2) is 0 Å². The van der Waals surface area contributed by atoms with Crippen LogP contribution in [-0.4, -0.2) is 45.9 Å². The molecule has 0 spiro atoms. The van der Waals surface area contributed by atoms with E-state index in [4.69, 9.17) is 28.4 Å². The van der Waals surface area contributed by atoms with Crippen LogP contribution in [0.15, 0.2) is 72.8 Å². The first-order chi connectivity index (χ1) is 16.2. The average molecular weight is 710 g/mol. The third-order valence-electron chi connectivity index (χ3n) is 5.01. The molecule has 3 rings (SSSR count). The van der Waals surface area contributed by atoms with E-state index < -0.39 is 7.26 Å². The van der Waals surface area contributed by atoms with Crippen molar-refractivity contribution in [1.29, 1.82) is 0 Å². The number of rotatable bonds is 13. The summed E-state index contributed by atoms with van der Waals surface area (Å²) in [7, 11) is 2.53. The van der Waals surface area contributed by atoms with Gasteiger partial charge >= 0.3 is 0 Å². The van der Waals surface area contributed by atoms with Crippen LogP contribution < -0.4 is 54.1 Å². The van der Waals surface area contributed by atoms with E-state index in [1.54, 1.807) is 21.3 Å². The number of alkyl halides is 1. The maximum Gasteiger partial charge on any atom is 0.188 e. The molecule has 0 bridgehead atoms. The summed E-state index contributed by atoms with van der Waals surface area (Å²) in [6.45, 7) is 0.464. The fraction of sp³-hybridized carbons (Fsp3) is 0.280. The lowest BCUT2D eigenvalue weighted by Crippen LogP contribution is -3.00. The Hall–Kier alpha value is -1.17. The zero-order chi connectivity index (χ0) is 23.5. The summed E-state index contributed by atoms with van der Waals surface area (Å²) >= 11 is 2.46. The Kier molecular flexibility index (Phi) is 12.9. The van der Waals surface area contributed by atoms with Gasteiger partial charge in [-0.05, 0) is 59.0 Å². The summed E-state index contributed by atoms with van der Waals surface area (Å²) in [5, 5.41) is 3.25. The third kappa shape index (κ3) is 6.53. The first-order valence-electron chi connectivity index (χ1n) is 10.3. The van der Waals surface area contributed by atoms with E-state index in [1.165, 1.54) is 0 Å². The molecule has 34 heavy (non-hydrogen) atoms. The Morgan fingerprint density at radius 2 is 0.853 bits per heavy atom. The summed E-state index contributed by atoms with van der Waals surface area (Å²) in [4.78, 5) is 0. The van der Waals surface area contributed by atoms with Gasteiger partial charge in [0.15, 0.2) is 37.6 Å². The average Bonchev–Trinajstić information content (AvgIpc) is 2.87. The molecule has 9 heteroatoms. The topological polar surface area (TPSA) is 55.4 Å². The normalized spacial score (nSPS) is 10.9. The Bertz CT molecular complexity index is 895. The second kappa shape index (κ2) is 15.1. The van der Waals surface area contributed by atoms with E-state index in [0.29, 0.717) is 0 Å². The number of hydrogen-bond acceptors (Lipinski definition) is 6. The SMILES string of the molecule is COCOc1ccccc1[P+](CI)(c1ccccc1OCOC)c1ccccc1OCOC.[I-]. The molecule has 3 aromatic rings. The summed E-state index contributed by atoms with van der Waals surface area (Å²) in [6, 6.07) is 24.3. The van der Waals surface area contributed by atoms with E-state index in [0.717, 1.165) is 37.3 Å². The largest absolute Gasteiger partial charge is 1.00 e. The Balaban J connectivity index is 0.00000408. The van der Waals surface area contributed by atoms with Gasteiger partial charge in [0.05, 0.1) is 0 Å². The first kappa shape index (κ1) is 29.1. The van der Waals surface area contributed by atoms with Gasteiger partial charge in [0.2, 0.25) is 0 Å². The lowest BCUT2D eigenvalue weighted by molar-refractivity contribution is -0.0000164. The predicted octanol–water partition coefficient (Wildman–Crippen LogP) is 1.33. The Morgan fingerprint density at radius 3 is 1.12 bits per heavy atom. The first-order valence-corrected chi connectivity index (χ1v) is 13.8. The maximum absolute atomic E-state index is 6.05. The molecule has 0 N–H and O–H groups in total. The monoisotopic (exact) mass is 710 g/mol. The number of ether oxygens (including phenoxy) is 6. The molecule has 184 valence electrons. The van der Waals surface area contributed by atoms with E-state index in [2.05, 4.69) is 40.8 Å². The molecule has 0 saturated heterocycles. The van der Waals surface area contributed by atoms with Crippen LogP contribution in [0.4, 0.5) is 0 Å². The highest BCUT2D eigenvalue weighted by molar-refractivity contribution is 14.1. The minimum atomic E-state index is -2.32. The molecule has 3 aromatic carbocycles. The van der Waals surface area contributed by atoms with Crippen LogP contribution in [0, 0.1) is 0 Å². The summed E-state index contributed by atoms with van der Waals surface area (Å²) in [6.07, 6.45) is 0. The van der Waals surface area contributed by atoms with Gasteiger partial charge in [-0.2, -0.15) is 0 Å². The van der Waals surface area contributed by atoms with Crippen LogP contribution in [0.25, 0.3) is 0 Å². The molecule has 0 radical (unpaired) electrons. The molecular weight excluding hydrogens is 681 g/mol. The predicted molar refractivity (Wildman–Crippen MR) is 142 cm³/mol. The maximum atomic E-state index is 6.05. The minimum Gasteiger partial charge on any atom is -1.00 e. The number of halogens is 2. The van der Waals surface area contributed by atoms with Gasteiger partial charge in [0, 0.05) is 21.3 Å². The van der Waals surface area contributed by atoms with E-state index in [-0.39, 0.29) is 44.4 Å². The third-order valence-corrected chi connectivity index (χ3v) is 12.0. The second-order valence-corrected chi connectivity index (χ2v) is 12.3. The molecule has 0 atom stereocenters. The van der Waals surface area contributed by atoms with Crippen LogP contribution in [0.5, 0.6) is 17.2 Å². The van der Waals surface area contributed by atoms with Crippen LogP contribution in [-0.2, 0) is 14.2 Å². The van der Waals surface area contributed by atoms with Gasteiger partial charge in [-0.15, -0.1) is 0 Å². The van der Waals surface area contributed by atoms with Crippen molar-refractivity contribution in [3.63, 3.8) is 0 Å². The fourth-order valence-electron chi connectivity index (χ4n) is 3.63. The fourth-order valence-corrected chi connectivity index (χ4v) is 10.7. The molecule has 0 unspecified atom stereocenters. The number of para-hydroxylation sites is 3. The van der Waals surface area contributed by atoms with Crippen LogP contribution >= 0.6 is 29.9 Å². The van der Waals surface area contributed by atoms with Crippen molar-refractivity contribution >= 4 is 45.8 Å². The van der Waals surface area contributed by atoms with E-state index in [1.807, 2.05) is 54.6 Å². The van der Waals surface area contributed by atoms with Crippen molar-refractivity contribution in [2.45, 2.75) is 0 Å². The van der Waals surface area contributed by atoms with Gasteiger partial charge in [0.1, 0.15) is 27.3 Å². The molecule has 0 aliphatic carbocycles. The summed E-state index contributed by atoms with van der Waals surface area (Å²) < 4.78 is 34.6. The number of methoxy groups -OCH3 is 3. The van der Waals surface area contributed by atoms with Crippen molar-refractivity contribution < 1.29 is 52.4 Å². The Labute approximate surface area is 232 Å². The molecular formula is C25H29I2O6P. The summed E-state index contributed by atoms with van der Waals surface area (Å²) in [5.41, 5.74) is 0. The zero-order valence-corrected chi connectivity index (χ0v) is 24.6. The van der Waals surface area contributed by atoms with Crippen molar-refractivity contribution in [1.82, 2.24) is 0 Å². The summed E-state index contributed by atoms with van der Waals surface area (Å²) in [5.74, 6) is 2.31. The highest BCUT2D eigenvalue weighted by Gasteiger charge is 2.50. The minimum absolute atomic E-state index is 0. The quantitative estimate of drug-likeness (QED) is 0.116. The Morgan fingerprint density at radius 1 is 0.559 bits per heavy atom. The van der Waals surface area contributed by atoms with Crippen molar-refractivity contribution in [3.8, 4) is 17.2 Å². The van der Waals surface area contributed by atoms with Crippen molar-refractivity contribution in [2.75, 3.05) is 45.9 Å². The smallest absolute Gasteiger partial charge is 0.188 e. The molecule has 6 nitrogen and oxygen atoms in total.